The number of carbonyl (C=O) groups excluding carboxylic acids is 1. The van der Waals surface area contributed by atoms with Crippen LogP contribution < -0.4 is 10.2 Å². The maximum Gasteiger partial charge on any atom is 0.326 e. The lowest BCUT2D eigenvalue weighted by atomic mass is 10.1. The van der Waals surface area contributed by atoms with Crippen molar-refractivity contribution in [2.75, 3.05) is 11.9 Å². The monoisotopic (exact) mass is 289 g/mol. The SMILES string of the molecule is CN(C(=O)N[C@H](Cc1cnc[nH]1)C(=O)O)c1cccnc1. The Hall–Kier alpha value is -2.90. The number of H-pyrrole nitrogens is 1. The summed E-state index contributed by atoms with van der Waals surface area (Å²) in [5.41, 5.74) is 1.20. The van der Waals surface area contributed by atoms with Gasteiger partial charge in [-0.25, -0.2) is 14.6 Å². The van der Waals surface area contributed by atoms with Crippen molar-refractivity contribution in [3.63, 3.8) is 0 Å². The molecule has 2 rings (SSSR count). The Labute approximate surface area is 120 Å². The Morgan fingerprint density at radius 2 is 2.24 bits per heavy atom. The molecular formula is C13H15N5O3. The van der Waals surface area contributed by atoms with E-state index in [1.807, 2.05) is 0 Å². The van der Waals surface area contributed by atoms with E-state index in [9.17, 15) is 14.7 Å². The standard InChI is InChI=1S/C13H15N5O3/c1-18(10-3-2-4-14-7-10)13(21)17-11(12(19)20)5-9-6-15-8-16-9/h2-4,6-8,11H,5H2,1H3,(H,15,16)(H,17,21)(H,19,20)/t11-/m1/s1. The molecule has 0 spiro atoms. The van der Waals surface area contributed by atoms with Crippen LogP contribution in [0.25, 0.3) is 0 Å². The third-order valence-electron chi connectivity index (χ3n) is 2.91. The molecule has 2 aromatic heterocycles. The summed E-state index contributed by atoms with van der Waals surface area (Å²) in [5.74, 6) is -1.11. The molecule has 2 aromatic rings. The van der Waals surface area contributed by atoms with E-state index in [2.05, 4.69) is 20.3 Å². The highest BCUT2D eigenvalue weighted by atomic mass is 16.4. The van der Waals surface area contributed by atoms with Crippen molar-refractivity contribution < 1.29 is 14.7 Å². The normalized spacial score (nSPS) is 11.7. The zero-order valence-corrected chi connectivity index (χ0v) is 11.4. The Morgan fingerprint density at radius 1 is 1.43 bits per heavy atom. The molecular weight excluding hydrogens is 274 g/mol. The lowest BCUT2D eigenvalue weighted by molar-refractivity contribution is -0.139. The van der Waals surface area contributed by atoms with E-state index in [-0.39, 0.29) is 6.42 Å². The van der Waals surface area contributed by atoms with Crippen molar-refractivity contribution in [1.29, 1.82) is 0 Å². The van der Waals surface area contributed by atoms with Gasteiger partial charge in [-0.15, -0.1) is 0 Å². The number of nitrogens with one attached hydrogen (secondary N) is 2. The van der Waals surface area contributed by atoms with Gasteiger partial charge in [-0.3, -0.25) is 9.88 Å². The average molecular weight is 289 g/mol. The molecule has 0 bridgehead atoms. The van der Waals surface area contributed by atoms with Gasteiger partial charge in [0.05, 0.1) is 18.2 Å². The molecule has 0 fully saturated rings. The zero-order valence-electron chi connectivity index (χ0n) is 11.4. The number of carboxylic acids is 1. The van der Waals surface area contributed by atoms with Gasteiger partial charge in [-0.1, -0.05) is 0 Å². The van der Waals surface area contributed by atoms with Crippen molar-refractivity contribution in [2.45, 2.75) is 12.5 Å². The molecule has 0 radical (unpaired) electrons. The van der Waals surface area contributed by atoms with Crippen molar-refractivity contribution >= 4 is 17.7 Å². The Bertz CT molecular complexity index is 600. The molecule has 0 unspecified atom stereocenters. The molecule has 21 heavy (non-hydrogen) atoms. The van der Waals surface area contributed by atoms with Crippen LogP contribution in [0.5, 0.6) is 0 Å². The Kier molecular flexibility index (Phi) is 4.50. The fourth-order valence-electron chi connectivity index (χ4n) is 1.73. The lowest BCUT2D eigenvalue weighted by Gasteiger charge is -2.20. The minimum Gasteiger partial charge on any atom is -0.480 e. The fraction of sp³-hybridized carbons (Fsp3) is 0.231. The number of aromatic amines is 1. The number of anilines is 1. The molecule has 0 saturated heterocycles. The van der Waals surface area contributed by atoms with Crippen molar-refractivity contribution in [3.8, 4) is 0 Å². The third kappa shape index (κ3) is 3.78. The second kappa shape index (κ2) is 6.51. The van der Waals surface area contributed by atoms with Gasteiger partial charge < -0.3 is 15.4 Å². The van der Waals surface area contributed by atoms with Crippen molar-refractivity contribution in [1.82, 2.24) is 20.3 Å². The first-order valence-corrected chi connectivity index (χ1v) is 6.22. The van der Waals surface area contributed by atoms with E-state index < -0.39 is 18.0 Å². The number of urea groups is 1. The molecule has 8 nitrogen and oxygen atoms in total. The summed E-state index contributed by atoms with van der Waals surface area (Å²) < 4.78 is 0. The predicted octanol–water partition coefficient (Wildman–Crippen LogP) is 0.646. The van der Waals surface area contributed by atoms with E-state index in [1.165, 1.54) is 23.6 Å². The molecule has 0 aliphatic carbocycles. The number of hydrogen-bond acceptors (Lipinski definition) is 4. The topological polar surface area (TPSA) is 111 Å². The van der Waals surface area contributed by atoms with Gasteiger partial charge in [0.15, 0.2) is 0 Å². The van der Waals surface area contributed by atoms with Crippen molar-refractivity contribution in [3.05, 3.63) is 42.7 Å². The summed E-state index contributed by atoms with van der Waals surface area (Å²) in [6, 6.07) is 1.84. The van der Waals surface area contributed by atoms with Crippen LogP contribution in [0.3, 0.4) is 0 Å². The van der Waals surface area contributed by atoms with Crippen molar-refractivity contribution in [2.24, 2.45) is 0 Å². The first kappa shape index (κ1) is 14.5. The summed E-state index contributed by atoms with van der Waals surface area (Å²) in [7, 11) is 1.54. The van der Waals surface area contributed by atoms with Gasteiger partial charge in [0.1, 0.15) is 6.04 Å². The molecule has 0 aliphatic rings. The number of amides is 2. The van der Waals surface area contributed by atoms with Gasteiger partial charge >= 0.3 is 12.0 Å². The molecule has 0 saturated carbocycles. The van der Waals surface area contributed by atoms with Gasteiger partial charge in [0.2, 0.25) is 0 Å². The number of carboxylic acid groups (broad SMARTS) is 1. The van der Waals surface area contributed by atoms with Crippen LogP contribution in [0.1, 0.15) is 5.69 Å². The molecule has 0 aromatic carbocycles. The summed E-state index contributed by atoms with van der Waals surface area (Å²) in [6.07, 6.45) is 6.21. The second-order valence-electron chi connectivity index (χ2n) is 4.39. The van der Waals surface area contributed by atoms with Crippen LogP contribution in [0, 0.1) is 0 Å². The summed E-state index contributed by atoms with van der Waals surface area (Å²) in [6.45, 7) is 0. The molecule has 3 N–H and O–H groups in total. The van der Waals surface area contributed by atoms with Crippen LogP contribution in [0.4, 0.5) is 10.5 Å². The highest BCUT2D eigenvalue weighted by Crippen LogP contribution is 2.09. The van der Waals surface area contributed by atoms with Crippen LogP contribution in [0.15, 0.2) is 37.1 Å². The molecule has 1 atom stereocenters. The van der Waals surface area contributed by atoms with E-state index in [1.54, 1.807) is 25.4 Å². The van der Waals surface area contributed by atoms with E-state index in [4.69, 9.17) is 0 Å². The van der Waals surface area contributed by atoms with Gasteiger partial charge in [-0.2, -0.15) is 0 Å². The predicted molar refractivity (Wildman–Crippen MR) is 74.9 cm³/mol. The first-order chi connectivity index (χ1) is 10.1. The molecule has 2 amide bonds. The number of imidazole rings is 1. The number of aromatic nitrogens is 3. The molecule has 0 aliphatic heterocycles. The summed E-state index contributed by atoms with van der Waals surface area (Å²) >= 11 is 0. The van der Waals surface area contributed by atoms with E-state index in [0.29, 0.717) is 11.4 Å². The van der Waals surface area contributed by atoms with Gasteiger partial charge in [0.25, 0.3) is 0 Å². The number of rotatable bonds is 5. The highest BCUT2D eigenvalue weighted by Gasteiger charge is 2.23. The minimum atomic E-state index is -1.11. The van der Waals surface area contributed by atoms with E-state index in [0.717, 1.165) is 0 Å². The number of carbonyl (C=O) groups is 2. The smallest absolute Gasteiger partial charge is 0.326 e. The first-order valence-electron chi connectivity index (χ1n) is 6.22. The zero-order chi connectivity index (χ0) is 15.2. The Morgan fingerprint density at radius 3 is 2.81 bits per heavy atom. The summed E-state index contributed by atoms with van der Waals surface area (Å²) in [5, 5.41) is 11.7. The molecule has 2 heterocycles. The third-order valence-corrected chi connectivity index (χ3v) is 2.91. The maximum absolute atomic E-state index is 12.1. The molecule has 8 heteroatoms. The second-order valence-corrected chi connectivity index (χ2v) is 4.39. The fourth-order valence-corrected chi connectivity index (χ4v) is 1.73. The maximum atomic E-state index is 12.1. The van der Waals surface area contributed by atoms with Crippen LogP contribution >= 0.6 is 0 Å². The van der Waals surface area contributed by atoms with E-state index >= 15 is 0 Å². The highest BCUT2D eigenvalue weighted by molar-refractivity contribution is 5.93. The number of pyridine rings is 1. The minimum absolute atomic E-state index is 0.127. The van der Waals surface area contributed by atoms with Gasteiger partial charge in [0, 0.05) is 31.6 Å². The Balaban J connectivity index is 2.03. The largest absolute Gasteiger partial charge is 0.480 e. The van der Waals surface area contributed by atoms with Crippen LogP contribution in [-0.2, 0) is 11.2 Å². The summed E-state index contributed by atoms with van der Waals surface area (Å²) in [4.78, 5) is 35.2. The molecule has 110 valence electrons. The number of aliphatic carboxylic acids is 1. The lowest BCUT2D eigenvalue weighted by Crippen LogP contribution is -2.48. The van der Waals surface area contributed by atoms with Crippen LogP contribution in [0.2, 0.25) is 0 Å². The average Bonchev–Trinajstić information content (AvgIpc) is 2.99. The van der Waals surface area contributed by atoms with Gasteiger partial charge in [-0.05, 0) is 12.1 Å². The van der Waals surface area contributed by atoms with Crippen LogP contribution in [-0.4, -0.2) is 45.1 Å². The number of nitrogens with zero attached hydrogens (tertiary/aromatic N) is 3. The number of hydrogen-bond donors (Lipinski definition) is 3. The quantitative estimate of drug-likeness (QED) is 0.748.